The van der Waals surface area contributed by atoms with Gasteiger partial charge in [0.2, 0.25) is 5.91 Å². The molecular formula is C18H21N5O2. The Balaban J connectivity index is 1.57. The summed E-state index contributed by atoms with van der Waals surface area (Å²) < 4.78 is 4.01. The van der Waals surface area contributed by atoms with Crippen LogP contribution in [0.5, 0.6) is 0 Å². The number of hydrogen-bond donors (Lipinski definition) is 2. The summed E-state index contributed by atoms with van der Waals surface area (Å²) in [4.78, 5) is 17.9. The van der Waals surface area contributed by atoms with Gasteiger partial charge in [0.1, 0.15) is 0 Å². The molecule has 2 aromatic heterocycles. The van der Waals surface area contributed by atoms with Crippen molar-refractivity contribution in [1.82, 2.24) is 19.0 Å². The lowest BCUT2D eigenvalue weighted by atomic mass is 10.1. The van der Waals surface area contributed by atoms with Crippen LogP contribution in [0.15, 0.2) is 43.0 Å². The number of nitrogens with two attached hydrogens (primary N) is 1. The van der Waals surface area contributed by atoms with Gasteiger partial charge in [0.25, 0.3) is 0 Å². The molecule has 3 N–H and O–H groups in total. The second-order valence-corrected chi connectivity index (χ2v) is 6.72. The molecule has 4 rings (SSSR count). The molecule has 0 radical (unpaired) electrons. The molecule has 130 valence electrons. The zero-order valence-electron chi connectivity index (χ0n) is 14.0. The molecule has 1 amide bonds. The number of aromatic nitrogens is 3. The largest absolute Gasteiger partial charge is 0.390 e. The maximum Gasteiger partial charge on any atom is 0.248 e. The molecule has 2 atom stereocenters. The van der Waals surface area contributed by atoms with Crippen LogP contribution in [0.25, 0.3) is 10.9 Å². The number of primary amides is 1. The minimum atomic E-state index is -0.449. The fourth-order valence-electron chi connectivity index (χ4n) is 3.63. The van der Waals surface area contributed by atoms with Crippen molar-refractivity contribution in [2.75, 3.05) is 13.1 Å². The molecular weight excluding hydrogens is 318 g/mol. The summed E-state index contributed by atoms with van der Waals surface area (Å²) in [6.07, 6.45) is 5.30. The number of carbonyl (C=O) groups is 1. The molecule has 1 aliphatic rings. The predicted octanol–water partition coefficient (Wildman–Crippen LogP) is 0.891. The van der Waals surface area contributed by atoms with Crippen LogP contribution in [0.4, 0.5) is 0 Å². The molecule has 3 aromatic rings. The van der Waals surface area contributed by atoms with E-state index in [0.29, 0.717) is 12.1 Å². The molecule has 7 heteroatoms. The van der Waals surface area contributed by atoms with Gasteiger partial charge in [-0.3, -0.25) is 9.69 Å². The van der Waals surface area contributed by atoms with Crippen LogP contribution >= 0.6 is 0 Å². The number of benzene rings is 1. The van der Waals surface area contributed by atoms with Gasteiger partial charge in [-0.15, -0.1) is 0 Å². The third kappa shape index (κ3) is 2.92. The van der Waals surface area contributed by atoms with E-state index in [-0.39, 0.29) is 6.04 Å². The van der Waals surface area contributed by atoms with E-state index in [2.05, 4.69) is 14.5 Å². The highest BCUT2D eigenvalue weighted by atomic mass is 16.3. The van der Waals surface area contributed by atoms with Gasteiger partial charge in [-0.05, 0) is 24.3 Å². The third-order valence-corrected chi connectivity index (χ3v) is 4.84. The second-order valence-electron chi connectivity index (χ2n) is 6.72. The van der Waals surface area contributed by atoms with E-state index in [1.165, 1.54) is 0 Å². The van der Waals surface area contributed by atoms with Crippen molar-refractivity contribution in [3.8, 4) is 0 Å². The minimum absolute atomic E-state index is 0.0272. The van der Waals surface area contributed by atoms with Crippen LogP contribution in [-0.4, -0.2) is 49.2 Å². The molecule has 0 spiro atoms. The van der Waals surface area contributed by atoms with E-state index < -0.39 is 12.0 Å². The standard InChI is InChI=1S/C18H21N5O2/c1-21-7-14(20-11-21)8-22-9-16(17(24)10-22)23-5-4-12-6-13(18(19)25)2-3-15(12)23/h2-7,11,16-17,24H,8-10H2,1H3,(H2,19,25)/t16-,17-/m1/s1. The first-order valence-electron chi connectivity index (χ1n) is 8.29. The van der Waals surface area contributed by atoms with Gasteiger partial charge in [0.05, 0.1) is 24.2 Å². The van der Waals surface area contributed by atoms with Gasteiger partial charge in [-0.25, -0.2) is 4.98 Å². The normalized spacial score (nSPS) is 21.2. The highest BCUT2D eigenvalue weighted by Crippen LogP contribution is 2.28. The first-order valence-corrected chi connectivity index (χ1v) is 8.29. The van der Waals surface area contributed by atoms with Crippen LogP contribution in [-0.2, 0) is 13.6 Å². The highest BCUT2D eigenvalue weighted by Gasteiger charge is 2.33. The summed E-state index contributed by atoms with van der Waals surface area (Å²) in [5.41, 5.74) is 7.84. The van der Waals surface area contributed by atoms with Crippen molar-refractivity contribution < 1.29 is 9.90 Å². The van der Waals surface area contributed by atoms with Crippen molar-refractivity contribution >= 4 is 16.8 Å². The Labute approximate surface area is 145 Å². The van der Waals surface area contributed by atoms with Gasteiger partial charge in [0, 0.05) is 55.5 Å². The van der Waals surface area contributed by atoms with E-state index in [1.807, 2.05) is 36.1 Å². The van der Waals surface area contributed by atoms with E-state index in [1.54, 1.807) is 18.5 Å². The van der Waals surface area contributed by atoms with Crippen LogP contribution in [0, 0.1) is 0 Å². The predicted molar refractivity (Wildman–Crippen MR) is 94.0 cm³/mol. The fourth-order valence-corrected chi connectivity index (χ4v) is 3.63. The number of amides is 1. The van der Waals surface area contributed by atoms with Gasteiger partial charge < -0.3 is 20.0 Å². The van der Waals surface area contributed by atoms with Crippen molar-refractivity contribution in [2.24, 2.45) is 12.8 Å². The highest BCUT2D eigenvalue weighted by molar-refractivity contribution is 5.97. The number of nitrogens with zero attached hydrogens (tertiary/aromatic N) is 4. The summed E-state index contributed by atoms with van der Waals surface area (Å²) >= 11 is 0. The summed E-state index contributed by atoms with van der Waals surface area (Å²) in [5, 5.41) is 11.5. The van der Waals surface area contributed by atoms with Crippen LogP contribution < -0.4 is 5.73 Å². The zero-order chi connectivity index (χ0) is 17.6. The van der Waals surface area contributed by atoms with Crippen LogP contribution in [0.1, 0.15) is 22.1 Å². The average molecular weight is 339 g/mol. The fraction of sp³-hybridized carbons (Fsp3) is 0.333. The number of rotatable bonds is 4. The average Bonchev–Trinajstić information content (AvgIpc) is 3.26. The maximum atomic E-state index is 11.3. The molecule has 1 aromatic carbocycles. The summed E-state index contributed by atoms with van der Waals surface area (Å²) in [5.74, 6) is -0.433. The first kappa shape index (κ1) is 15.9. The lowest BCUT2D eigenvalue weighted by molar-refractivity contribution is 0.100. The molecule has 1 saturated heterocycles. The number of aliphatic hydroxyl groups excluding tert-OH is 1. The van der Waals surface area contributed by atoms with E-state index in [0.717, 1.165) is 29.7 Å². The van der Waals surface area contributed by atoms with Crippen molar-refractivity contribution in [2.45, 2.75) is 18.7 Å². The minimum Gasteiger partial charge on any atom is -0.390 e. The summed E-state index contributed by atoms with van der Waals surface area (Å²) in [7, 11) is 1.95. The topological polar surface area (TPSA) is 89.3 Å². The third-order valence-electron chi connectivity index (χ3n) is 4.84. The number of likely N-dealkylation sites (tertiary alicyclic amines) is 1. The number of carbonyl (C=O) groups excluding carboxylic acids is 1. The lowest BCUT2D eigenvalue weighted by Crippen LogP contribution is -2.21. The molecule has 0 saturated carbocycles. The van der Waals surface area contributed by atoms with Crippen molar-refractivity contribution in [3.05, 3.63) is 54.2 Å². The molecule has 3 heterocycles. The smallest absolute Gasteiger partial charge is 0.248 e. The summed E-state index contributed by atoms with van der Waals surface area (Å²) in [6, 6.07) is 7.34. The Morgan fingerprint density at radius 2 is 2.20 bits per heavy atom. The molecule has 0 bridgehead atoms. The lowest BCUT2D eigenvalue weighted by Gasteiger charge is -2.18. The second kappa shape index (κ2) is 6.02. The van der Waals surface area contributed by atoms with Gasteiger partial charge >= 0.3 is 0 Å². The van der Waals surface area contributed by atoms with E-state index >= 15 is 0 Å². The number of fused-ring (bicyclic) bond motifs is 1. The Kier molecular flexibility index (Phi) is 3.82. The monoisotopic (exact) mass is 339 g/mol. The number of aryl methyl sites for hydroxylation is 1. The Bertz CT molecular complexity index is 929. The molecule has 25 heavy (non-hydrogen) atoms. The first-order chi connectivity index (χ1) is 12.0. The molecule has 0 unspecified atom stereocenters. The number of imidazole rings is 1. The van der Waals surface area contributed by atoms with Crippen LogP contribution in [0.2, 0.25) is 0 Å². The molecule has 0 aliphatic carbocycles. The van der Waals surface area contributed by atoms with Crippen molar-refractivity contribution in [1.29, 1.82) is 0 Å². The number of hydrogen-bond acceptors (Lipinski definition) is 4. The molecule has 1 aliphatic heterocycles. The molecule has 1 fully saturated rings. The summed E-state index contributed by atoms with van der Waals surface area (Å²) in [6.45, 7) is 2.08. The SMILES string of the molecule is Cn1cnc(CN2C[C@@H](O)[C@H](n3ccc4cc(C(N)=O)ccc43)C2)c1. The zero-order valence-corrected chi connectivity index (χ0v) is 14.0. The van der Waals surface area contributed by atoms with Crippen molar-refractivity contribution in [3.63, 3.8) is 0 Å². The Hall–Kier alpha value is -2.64. The maximum absolute atomic E-state index is 11.3. The van der Waals surface area contributed by atoms with E-state index in [9.17, 15) is 9.90 Å². The Morgan fingerprint density at radius 3 is 2.92 bits per heavy atom. The Morgan fingerprint density at radius 1 is 1.36 bits per heavy atom. The van der Waals surface area contributed by atoms with Gasteiger partial charge in [-0.1, -0.05) is 0 Å². The van der Waals surface area contributed by atoms with Gasteiger partial charge in [-0.2, -0.15) is 0 Å². The van der Waals surface area contributed by atoms with Gasteiger partial charge in [0.15, 0.2) is 0 Å². The van der Waals surface area contributed by atoms with E-state index in [4.69, 9.17) is 5.73 Å². The quantitative estimate of drug-likeness (QED) is 0.739. The molecule has 7 nitrogen and oxygen atoms in total. The number of aliphatic hydroxyl groups is 1. The van der Waals surface area contributed by atoms with Crippen LogP contribution in [0.3, 0.4) is 0 Å². The number of β-amino-alcohol motifs (C(OH)–C–C–N with tert-alkyl or cyclic N) is 1.